The molecule has 5 heterocycles. The van der Waals surface area contributed by atoms with Crippen molar-refractivity contribution in [1.82, 2.24) is 24.5 Å². The largest absolute Gasteiger partial charge is 0.481 e. The molecule has 5 rings (SSSR count). The summed E-state index contributed by atoms with van der Waals surface area (Å²) >= 11 is 0. The fraction of sp³-hybridized carbons (Fsp3) is 0.500. The molecule has 0 aliphatic carbocycles. The molecule has 0 bridgehead atoms. The molecule has 0 saturated carbocycles. The van der Waals surface area contributed by atoms with Crippen molar-refractivity contribution in [1.29, 1.82) is 0 Å². The summed E-state index contributed by atoms with van der Waals surface area (Å²) in [6, 6.07) is 8.35. The molecule has 7 nitrogen and oxygen atoms in total. The quantitative estimate of drug-likeness (QED) is 0.665. The number of anilines is 1. The lowest BCUT2D eigenvalue weighted by atomic mass is 9.97. The molecule has 7 heteroatoms. The van der Waals surface area contributed by atoms with Crippen LogP contribution in [0.1, 0.15) is 43.0 Å². The molecule has 152 valence electrons. The van der Waals surface area contributed by atoms with Gasteiger partial charge in [0.15, 0.2) is 11.5 Å². The van der Waals surface area contributed by atoms with E-state index in [0.29, 0.717) is 5.92 Å². The first kappa shape index (κ1) is 18.4. The first-order valence-corrected chi connectivity index (χ1v) is 10.6. The lowest BCUT2D eigenvalue weighted by Crippen LogP contribution is -2.34. The molecule has 0 radical (unpaired) electrons. The van der Waals surface area contributed by atoms with Gasteiger partial charge in [0.25, 0.3) is 0 Å². The molecule has 0 unspecified atom stereocenters. The highest BCUT2D eigenvalue weighted by molar-refractivity contribution is 5.52. The summed E-state index contributed by atoms with van der Waals surface area (Å²) in [5.74, 6) is 2.04. The Labute approximate surface area is 171 Å². The molecular weight excluding hydrogens is 364 g/mol. The van der Waals surface area contributed by atoms with Crippen molar-refractivity contribution < 1.29 is 4.74 Å². The summed E-state index contributed by atoms with van der Waals surface area (Å²) in [5.41, 5.74) is 3.32. The zero-order valence-electron chi connectivity index (χ0n) is 17.0. The summed E-state index contributed by atoms with van der Waals surface area (Å²) in [4.78, 5) is 14.1. The van der Waals surface area contributed by atoms with Gasteiger partial charge in [-0.3, -0.25) is 4.90 Å². The Balaban J connectivity index is 1.32. The standard InChI is InChI=1S/C22H28N6O/c1-29-22-18(6-4-10-23-22)15-26-11-5-7-17(14-26)21-24-20-9-8-19(16-28(20)25-21)27-12-2-3-13-27/h4,6,8-10,16-17H,2-3,5,7,11-15H2,1H3/t17-/m1/s1. The van der Waals surface area contributed by atoms with Crippen molar-refractivity contribution in [3.8, 4) is 5.88 Å². The van der Waals surface area contributed by atoms with Crippen molar-refractivity contribution in [3.05, 3.63) is 48.0 Å². The van der Waals surface area contributed by atoms with Gasteiger partial charge >= 0.3 is 0 Å². The number of aromatic nitrogens is 4. The molecule has 2 fully saturated rings. The second-order valence-electron chi connectivity index (χ2n) is 8.10. The highest BCUT2D eigenvalue weighted by atomic mass is 16.5. The predicted octanol–water partition coefficient (Wildman–Crippen LogP) is 3.11. The molecule has 2 saturated heterocycles. The van der Waals surface area contributed by atoms with E-state index in [2.05, 4.69) is 39.2 Å². The van der Waals surface area contributed by atoms with E-state index in [0.717, 1.165) is 68.5 Å². The van der Waals surface area contributed by atoms with Crippen LogP contribution < -0.4 is 9.64 Å². The summed E-state index contributed by atoms with van der Waals surface area (Å²) in [5, 5.41) is 4.86. The third-order valence-electron chi connectivity index (χ3n) is 6.11. The van der Waals surface area contributed by atoms with Crippen LogP contribution in [-0.2, 0) is 6.54 Å². The Morgan fingerprint density at radius 2 is 2.00 bits per heavy atom. The average molecular weight is 393 g/mol. The van der Waals surface area contributed by atoms with Gasteiger partial charge in [0.1, 0.15) is 0 Å². The number of hydrogen-bond acceptors (Lipinski definition) is 6. The summed E-state index contributed by atoms with van der Waals surface area (Å²) in [6.07, 6.45) is 8.76. The van der Waals surface area contributed by atoms with Crippen LogP contribution in [0.25, 0.3) is 5.65 Å². The van der Waals surface area contributed by atoms with Crippen LogP contribution in [0, 0.1) is 0 Å². The van der Waals surface area contributed by atoms with E-state index in [-0.39, 0.29) is 0 Å². The summed E-state index contributed by atoms with van der Waals surface area (Å²) in [6.45, 7) is 5.18. The van der Waals surface area contributed by atoms with Crippen LogP contribution in [0.5, 0.6) is 5.88 Å². The van der Waals surface area contributed by atoms with Crippen LogP contribution in [0.15, 0.2) is 36.7 Å². The molecule has 3 aromatic heterocycles. The zero-order chi connectivity index (χ0) is 19.6. The lowest BCUT2D eigenvalue weighted by molar-refractivity contribution is 0.194. The zero-order valence-corrected chi connectivity index (χ0v) is 17.0. The van der Waals surface area contributed by atoms with Gasteiger partial charge in [0, 0.05) is 43.9 Å². The molecule has 0 spiro atoms. The summed E-state index contributed by atoms with van der Waals surface area (Å²) in [7, 11) is 1.68. The SMILES string of the molecule is COc1ncccc1CN1CCC[C@@H](c2nc3ccc(N4CCCC4)cn3n2)C1. The van der Waals surface area contributed by atoms with E-state index in [1.165, 1.54) is 18.5 Å². The Kier molecular flexibility index (Phi) is 5.06. The number of nitrogens with zero attached hydrogens (tertiary/aromatic N) is 6. The number of pyridine rings is 2. The average Bonchev–Trinajstić information content (AvgIpc) is 3.44. The predicted molar refractivity (Wildman–Crippen MR) is 112 cm³/mol. The number of hydrogen-bond donors (Lipinski definition) is 0. The lowest BCUT2D eigenvalue weighted by Gasteiger charge is -2.31. The first-order valence-electron chi connectivity index (χ1n) is 10.6. The van der Waals surface area contributed by atoms with Crippen molar-refractivity contribution in [2.24, 2.45) is 0 Å². The topological polar surface area (TPSA) is 58.8 Å². The van der Waals surface area contributed by atoms with Gasteiger partial charge in [-0.2, -0.15) is 5.10 Å². The highest BCUT2D eigenvalue weighted by Crippen LogP contribution is 2.28. The highest BCUT2D eigenvalue weighted by Gasteiger charge is 2.25. The normalized spacial score (nSPS) is 20.4. The third-order valence-corrected chi connectivity index (χ3v) is 6.11. The fourth-order valence-electron chi connectivity index (χ4n) is 4.60. The number of fused-ring (bicyclic) bond motifs is 1. The van der Waals surface area contributed by atoms with Crippen molar-refractivity contribution in [3.63, 3.8) is 0 Å². The van der Waals surface area contributed by atoms with Crippen LogP contribution in [0.4, 0.5) is 5.69 Å². The maximum Gasteiger partial charge on any atom is 0.217 e. The Hall–Kier alpha value is -2.67. The van der Waals surface area contributed by atoms with Crippen LogP contribution in [0.3, 0.4) is 0 Å². The number of likely N-dealkylation sites (tertiary alicyclic amines) is 1. The molecule has 0 aromatic carbocycles. The molecule has 0 amide bonds. The Morgan fingerprint density at radius 1 is 1.10 bits per heavy atom. The van der Waals surface area contributed by atoms with Gasteiger partial charge in [-0.15, -0.1) is 0 Å². The van der Waals surface area contributed by atoms with Crippen molar-refractivity contribution in [2.75, 3.05) is 38.2 Å². The van der Waals surface area contributed by atoms with E-state index in [1.54, 1.807) is 13.3 Å². The van der Waals surface area contributed by atoms with Crippen LogP contribution >= 0.6 is 0 Å². The molecule has 29 heavy (non-hydrogen) atoms. The van der Waals surface area contributed by atoms with E-state index < -0.39 is 0 Å². The van der Waals surface area contributed by atoms with Crippen LogP contribution in [-0.4, -0.2) is 57.8 Å². The van der Waals surface area contributed by atoms with Gasteiger partial charge in [0.05, 0.1) is 19.0 Å². The van der Waals surface area contributed by atoms with E-state index in [4.69, 9.17) is 14.8 Å². The van der Waals surface area contributed by atoms with E-state index in [1.807, 2.05) is 10.6 Å². The molecular formula is C22H28N6O. The molecule has 3 aromatic rings. The van der Waals surface area contributed by atoms with Gasteiger partial charge in [0.2, 0.25) is 5.88 Å². The Morgan fingerprint density at radius 3 is 2.86 bits per heavy atom. The van der Waals surface area contributed by atoms with Crippen LogP contribution in [0.2, 0.25) is 0 Å². The second-order valence-corrected chi connectivity index (χ2v) is 8.10. The molecule has 2 aliphatic rings. The van der Waals surface area contributed by atoms with Gasteiger partial charge < -0.3 is 9.64 Å². The number of piperidine rings is 1. The molecule has 1 atom stereocenters. The maximum absolute atomic E-state index is 5.42. The minimum atomic E-state index is 0.363. The number of ether oxygens (including phenoxy) is 1. The third kappa shape index (κ3) is 3.79. The number of methoxy groups -OCH3 is 1. The van der Waals surface area contributed by atoms with Crippen molar-refractivity contribution in [2.45, 2.75) is 38.1 Å². The van der Waals surface area contributed by atoms with Gasteiger partial charge in [-0.25, -0.2) is 14.5 Å². The van der Waals surface area contributed by atoms with Gasteiger partial charge in [-0.1, -0.05) is 6.07 Å². The van der Waals surface area contributed by atoms with Gasteiger partial charge in [-0.05, 0) is 50.4 Å². The smallest absolute Gasteiger partial charge is 0.217 e. The second kappa shape index (κ2) is 7.99. The monoisotopic (exact) mass is 392 g/mol. The first-order chi connectivity index (χ1) is 14.3. The Bertz CT molecular complexity index is 980. The maximum atomic E-state index is 5.42. The molecule has 0 N–H and O–H groups in total. The van der Waals surface area contributed by atoms with E-state index >= 15 is 0 Å². The summed E-state index contributed by atoms with van der Waals surface area (Å²) < 4.78 is 7.39. The fourth-order valence-corrected chi connectivity index (χ4v) is 4.60. The van der Waals surface area contributed by atoms with Crippen molar-refractivity contribution >= 4 is 11.3 Å². The molecule has 2 aliphatic heterocycles. The van der Waals surface area contributed by atoms with E-state index in [9.17, 15) is 0 Å². The minimum Gasteiger partial charge on any atom is -0.481 e. The minimum absolute atomic E-state index is 0.363. The number of rotatable bonds is 5.